The predicted molar refractivity (Wildman–Crippen MR) is 142 cm³/mol. The van der Waals surface area contributed by atoms with Crippen molar-refractivity contribution in [2.75, 3.05) is 49.6 Å². The molecule has 0 saturated carbocycles. The van der Waals surface area contributed by atoms with Gasteiger partial charge in [0.25, 0.3) is 0 Å². The third-order valence-corrected chi connectivity index (χ3v) is 7.12. The number of benzene rings is 1. The summed E-state index contributed by atoms with van der Waals surface area (Å²) in [6.45, 7) is 5.72. The minimum atomic E-state index is -0.853. The number of piperidine rings is 1. The van der Waals surface area contributed by atoms with E-state index < -0.39 is 6.09 Å². The maximum Gasteiger partial charge on any atom is 0.407 e. The molecule has 38 heavy (non-hydrogen) atoms. The maximum absolute atomic E-state index is 11.3. The highest BCUT2D eigenvalue weighted by Gasteiger charge is 2.23. The van der Waals surface area contributed by atoms with E-state index in [0.29, 0.717) is 32.1 Å². The second-order valence-electron chi connectivity index (χ2n) is 9.86. The summed E-state index contributed by atoms with van der Waals surface area (Å²) in [5.41, 5.74) is 3.87. The fourth-order valence-electron chi connectivity index (χ4n) is 5.20. The number of carbonyl (C=O) groups is 1. The summed E-state index contributed by atoms with van der Waals surface area (Å²) < 4.78 is 9.22. The number of morpholine rings is 1. The number of aromatic nitrogens is 6. The first-order valence-electron chi connectivity index (χ1n) is 13.0. The van der Waals surface area contributed by atoms with Crippen LogP contribution in [0.4, 0.5) is 22.1 Å². The van der Waals surface area contributed by atoms with Crippen molar-refractivity contribution in [2.45, 2.75) is 25.9 Å². The molecule has 1 aromatic carbocycles. The smallest absolute Gasteiger partial charge is 0.407 e. The van der Waals surface area contributed by atoms with Crippen molar-refractivity contribution in [2.24, 2.45) is 5.92 Å². The van der Waals surface area contributed by atoms with Crippen LogP contribution >= 0.6 is 0 Å². The third-order valence-electron chi connectivity index (χ3n) is 7.12. The molecule has 2 fully saturated rings. The van der Waals surface area contributed by atoms with E-state index in [1.807, 2.05) is 15.6 Å². The number of carboxylic acid groups (broad SMARTS) is 1. The van der Waals surface area contributed by atoms with Crippen LogP contribution in [0.3, 0.4) is 0 Å². The molecule has 6 rings (SSSR count). The molecule has 0 aliphatic carbocycles. The molecule has 198 valence electrons. The number of anilines is 3. The summed E-state index contributed by atoms with van der Waals surface area (Å²) in [7, 11) is 0. The Bertz CT molecular complexity index is 1410. The molecule has 1 amide bonds. The van der Waals surface area contributed by atoms with E-state index in [1.54, 1.807) is 18.6 Å². The highest BCUT2D eigenvalue weighted by atomic mass is 16.5. The van der Waals surface area contributed by atoms with Gasteiger partial charge >= 0.3 is 6.09 Å². The first-order chi connectivity index (χ1) is 18.6. The Morgan fingerprint density at radius 1 is 1.13 bits per heavy atom. The molecular formula is C26H31N9O3. The fraction of sp³-hybridized carbons (Fsp3) is 0.423. The molecule has 12 heteroatoms. The van der Waals surface area contributed by atoms with E-state index in [4.69, 9.17) is 9.72 Å². The zero-order chi connectivity index (χ0) is 25.9. The molecule has 3 aromatic heterocycles. The summed E-state index contributed by atoms with van der Waals surface area (Å²) >= 11 is 0. The van der Waals surface area contributed by atoms with Gasteiger partial charge in [-0.15, -0.1) is 0 Å². The van der Waals surface area contributed by atoms with Crippen LogP contribution in [0.2, 0.25) is 0 Å². The van der Waals surface area contributed by atoms with Crippen molar-refractivity contribution in [1.29, 1.82) is 0 Å². The van der Waals surface area contributed by atoms with Crippen LogP contribution < -0.4 is 10.2 Å². The third kappa shape index (κ3) is 5.40. The van der Waals surface area contributed by atoms with Gasteiger partial charge in [-0.2, -0.15) is 15.2 Å². The number of nitrogens with zero attached hydrogens (tertiary/aromatic N) is 8. The lowest BCUT2D eigenvalue weighted by molar-refractivity contribution is 0.115. The number of likely N-dealkylation sites (tertiary alicyclic amines) is 1. The number of amides is 1. The molecule has 2 aliphatic heterocycles. The van der Waals surface area contributed by atoms with Gasteiger partial charge in [0.15, 0.2) is 5.65 Å². The van der Waals surface area contributed by atoms with Gasteiger partial charge in [0.1, 0.15) is 0 Å². The second kappa shape index (κ2) is 10.7. The predicted octanol–water partition coefficient (Wildman–Crippen LogP) is 3.04. The van der Waals surface area contributed by atoms with E-state index in [-0.39, 0.29) is 5.92 Å². The van der Waals surface area contributed by atoms with Crippen LogP contribution in [0.5, 0.6) is 0 Å². The average molecular weight is 518 g/mol. The summed E-state index contributed by atoms with van der Waals surface area (Å²) in [6, 6.07) is 8.53. The lowest BCUT2D eigenvalue weighted by atomic mass is 9.98. The summed E-state index contributed by atoms with van der Waals surface area (Å²) in [5.74, 6) is 0.715. The molecular weight excluding hydrogens is 486 g/mol. The number of rotatable bonds is 7. The zero-order valence-electron chi connectivity index (χ0n) is 21.1. The van der Waals surface area contributed by atoms with Crippen molar-refractivity contribution in [1.82, 2.24) is 34.4 Å². The Morgan fingerprint density at radius 3 is 2.89 bits per heavy atom. The Labute approximate surface area is 219 Å². The Hall–Kier alpha value is -4.19. The van der Waals surface area contributed by atoms with Crippen molar-refractivity contribution in [3.8, 4) is 0 Å². The molecule has 0 radical (unpaired) electrons. The van der Waals surface area contributed by atoms with Gasteiger partial charge in [-0.3, -0.25) is 4.68 Å². The number of ether oxygens (including phenoxy) is 1. The van der Waals surface area contributed by atoms with Gasteiger partial charge in [-0.1, -0.05) is 12.1 Å². The van der Waals surface area contributed by atoms with Crippen molar-refractivity contribution in [3.63, 3.8) is 0 Å². The first-order valence-corrected chi connectivity index (χ1v) is 13.0. The van der Waals surface area contributed by atoms with Gasteiger partial charge in [-0.25, -0.2) is 14.5 Å². The fourth-order valence-corrected chi connectivity index (χ4v) is 5.20. The summed E-state index contributed by atoms with van der Waals surface area (Å²) in [6.07, 6.45) is 8.21. The van der Waals surface area contributed by atoms with Crippen molar-refractivity contribution in [3.05, 3.63) is 54.6 Å². The van der Waals surface area contributed by atoms with Gasteiger partial charge in [0.05, 0.1) is 43.2 Å². The van der Waals surface area contributed by atoms with Gasteiger partial charge in [0, 0.05) is 50.8 Å². The largest absolute Gasteiger partial charge is 0.465 e. The first kappa shape index (κ1) is 24.2. The van der Waals surface area contributed by atoms with Crippen LogP contribution in [-0.2, 0) is 17.8 Å². The highest BCUT2D eigenvalue weighted by Crippen LogP contribution is 2.22. The minimum absolute atomic E-state index is 0.247. The second-order valence-corrected chi connectivity index (χ2v) is 9.86. The molecule has 1 atom stereocenters. The molecule has 0 spiro atoms. The molecule has 5 heterocycles. The maximum atomic E-state index is 11.3. The molecule has 2 aliphatic rings. The lowest BCUT2D eigenvalue weighted by Gasteiger charge is -2.30. The van der Waals surface area contributed by atoms with E-state index in [0.717, 1.165) is 61.4 Å². The van der Waals surface area contributed by atoms with E-state index in [1.165, 1.54) is 10.6 Å². The standard InChI is InChI=1S/C26H31N9O3/c36-26(37)33-6-2-4-20(15-33)16-34-18-22(14-28-34)30-25-27-12-21-13-29-35(24(21)31-25)17-19-3-1-5-23(11-19)32-7-9-38-10-8-32/h1,3,5,11-14,18,20H,2,4,6-10,15-17H2,(H,36,37)(H,27,30,31). The summed E-state index contributed by atoms with van der Waals surface area (Å²) in [5, 5.41) is 22.4. The normalized spacial score (nSPS) is 18.2. The van der Waals surface area contributed by atoms with Crippen molar-refractivity contribution >= 4 is 34.4 Å². The summed E-state index contributed by atoms with van der Waals surface area (Å²) in [4.78, 5) is 24.3. The van der Waals surface area contributed by atoms with E-state index in [2.05, 4.69) is 49.7 Å². The monoisotopic (exact) mass is 517 g/mol. The van der Waals surface area contributed by atoms with Gasteiger partial charge in [-0.05, 0) is 36.5 Å². The highest BCUT2D eigenvalue weighted by molar-refractivity contribution is 5.75. The quantitative estimate of drug-likeness (QED) is 0.380. The lowest BCUT2D eigenvalue weighted by Crippen LogP contribution is -2.40. The Morgan fingerprint density at radius 2 is 2.03 bits per heavy atom. The number of hydrogen-bond donors (Lipinski definition) is 2. The molecule has 0 bridgehead atoms. The molecule has 12 nitrogen and oxygen atoms in total. The zero-order valence-corrected chi connectivity index (χ0v) is 21.1. The molecule has 2 N–H and O–H groups in total. The molecule has 1 unspecified atom stereocenters. The van der Waals surface area contributed by atoms with Crippen LogP contribution in [0.1, 0.15) is 18.4 Å². The van der Waals surface area contributed by atoms with Crippen LogP contribution in [0.25, 0.3) is 11.0 Å². The SMILES string of the molecule is O=C(O)N1CCCC(Cn2cc(Nc3ncc4cnn(Cc5cccc(N6CCOCC6)c5)c4n3)cn2)C1. The topological polar surface area (TPSA) is 126 Å². The van der Waals surface area contributed by atoms with Crippen LogP contribution in [0, 0.1) is 5.92 Å². The van der Waals surface area contributed by atoms with Gasteiger partial charge in [0.2, 0.25) is 5.95 Å². The Balaban J connectivity index is 1.13. The molecule has 4 aromatic rings. The van der Waals surface area contributed by atoms with Crippen LogP contribution in [0.15, 0.2) is 49.1 Å². The van der Waals surface area contributed by atoms with Gasteiger partial charge < -0.3 is 25.0 Å². The molecule has 2 saturated heterocycles. The number of hydrogen-bond acceptors (Lipinski definition) is 8. The van der Waals surface area contributed by atoms with Crippen molar-refractivity contribution < 1.29 is 14.6 Å². The minimum Gasteiger partial charge on any atom is -0.465 e. The van der Waals surface area contributed by atoms with E-state index in [9.17, 15) is 9.90 Å². The number of fused-ring (bicyclic) bond motifs is 1. The van der Waals surface area contributed by atoms with E-state index >= 15 is 0 Å². The average Bonchev–Trinajstić information content (AvgIpc) is 3.56. The Kier molecular flexibility index (Phi) is 6.78. The number of nitrogens with one attached hydrogen (secondary N) is 1. The van der Waals surface area contributed by atoms with Crippen LogP contribution in [-0.4, -0.2) is 85.0 Å².